The van der Waals surface area contributed by atoms with Crippen LogP contribution in [0.2, 0.25) is 0 Å². The Morgan fingerprint density at radius 2 is 1.74 bits per heavy atom. The summed E-state index contributed by atoms with van der Waals surface area (Å²) < 4.78 is 0. The van der Waals surface area contributed by atoms with Gasteiger partial charge in [0.1, 0.15) is 0 Å². The summed E-state index contributed by atoms with van der Waals surface area (Å²) in [6, 6.07) is 17.0. The molecule has 1 atom stereocenters. The molecule has 2 rings (SSSR count). The van der Waals surface area contributed by atoms with E-state index in [-0.39, 0.29) is 16.7 Å². The maximum absolute atomic E-state index is 10.6. The molecule has 1 N–H and O–H groups in total. The minimum atomic E-state index is -0.385. The molecule has 0 amide bonds. The van der Waals surface area contributed by atoms with Crippen LogP contribution in [0.4, 0.5) is 5.69 Å². The average molecular weight is 256 g/mol. The van der Waals surface area contributed by atoms with Crippen molar-refractivity contribution in [1.82, 2.24) is 5.32 Å². The quantitative estimate of drug-likeness (QED) is 0.658. The molecule has 0 aliphatic carbocycles. The lowest BCUT2D eigenvalue weighted by Crippen LogP contribution is -2.17. The van der Waals surface area contributed by atoms with Crippen molar-refractivity contribution in [2.45, 2.75) is 19.5 Å². The number of rotatable bonds is 5. The number of nitrogens with zero attached hydrogens (tertiary/aromatic N) is 1. The molecule has 0 heterocycles. The highest BCUT2D eigenvalue weighted by Gasteiger charge is 2.06. The molecule has 0 aromatic heterocycles. The Balaban J connectivity index is 1.93. The van der Waals surface area contributed by atoms with Gasteiger partial charge in [0.05, 0.1) is 4.92 Å². The van der Waals surface area contributed by atoms with Gasteiger partial charge >= 0.3 is 0 Å². The van der Waals surface area contributed by atoms with E-state index < -0.39 is 0 Å². The molecular formula is C15H16N2O2. The van der Waals surface area contributed by atoms with Gasteiger partial charge in [-0.3, -0.25) is 10.1 Å². The van der Waals surface area contributed by atoms with E-state index in [1.807, 2.05) is 18.2 Å². The van der Waals surface area contributed by atoms with Crippen LogP contribution in [0.1, 0.15) is 24.1 Å². The van der Waals surface area contributed by atoms with E-state index in [0.29, 0.717) is 6.54 Å². The number of non-ortho nitro benzene ring substituents is 1. The van der Waals surface area contributed by atoms with E-state index in [2.05, 4.69) is 24.4 Å². The second-order valence-electron chi connectivity index (χ2n) is 4.44. The molecule has 2 aromatic carbocycles. The monoisotopic (exact) mass is 256 g/mol. The zero-order valence-corrected chi connectivity index (χ0v) is 10.7. The second-order valence-corrected chi connectivity index (χ2v) is 4.44. The van der Waals surface area contributed by atoms with Crippen molar-refractivity contribution in [2.24, 2.45) is 0 Å². The van der Waals surface area contributed by atoms with E-state index in [0.717, 1.165) is 5.56 Å². The molecule has 0 bridgehead atoms. The minimum Gasteiger partial charge on any atom is -0.306 e. The number of nitro groups is 1. The molecule has 0 fully saturated rings. The fraction of sp³-hybridized carbons (Fsp3) is 0.200. The molecule has 2 aromatic rings. The van der Waals surface area contributed by atoms with Gasteiger partial charge < -0.3 is 5.32 Å². The first-order valence-corrected chi connectivity index (χ1v) is 6.18. The predicted octanol–water partition coefficient (Wildman–Crippen LogP) is 3.45. The number of hydrogen-bond donors (Lipinski definition) is 1. The maximum Gasteiger partial charge on any atom is 0.269 e. The largest absolute Gasteiger partial charge is 0.306 e. The summed E-state index contributed by atoms with van der Waals surface area (Å²) in [4.78, 5) is 10.2. The number of hydrogen-bond acceptors (Lipinski definition) is 3. The smallest absolute Gasteiger partial charge is 0.269 e. The molecular weight excluding hydrogens is 240 g/mol. The zero-order valence-electron chi connectivity index (χ0n) is 10.7. The lowest BCUT2D eigenvalue weighted by Gasteiger charge is -2.14. The second kappa shape index (κ2) is 6.11. The fourth-order valence-corrected chi connectivity index (χ4v) is 1.87. The van der Waals surface area contributed by atoms with E-state index in [4.69, 9.17) is 0 Å². The Labute approximate surface area is 112 Å². The highest BCUT2D eigenvalue weighted by molar-refractivity contribution is 5.32. The molecule has 0 aliphatic heterocycles. The topological polar surface area (TPSA) is 55.2 Å². The fourth-order valence-electron chi connectivity index (χ4n) is 1.87. The van der Waals surface area contributed by atoms with Crippen LogP contribution >= 0.6 is 0 Å². The van der Waals surface area contributed by atoms with Crippen molar-refractivity contribution in [3.05, 3.63) is 75.8 Å². The van der Waals surface area contributed by atoms with Crippen molar-refractivity contribution in [3.63, 3.8) is 0 Å². The summed E-state index contributed by atoms with van der Waals surface area (Å²) in [6.07, 6.45) is 0. The van der Waals surface area contributed by atoms with Crippen LogP contribution in [0.15, 0.2) is 54.6 Å². The third-order valence-corrected chi connectivity index (χ3v) is 3.06. The highest BCUT2D eigenvalue weighted by Crippen LogP contribution is 2.14. The first-order chi connectivity index (χ1) is 9.16. The lowest BCUT2D eigenvalue weighted by molar-refractivity contribution is -0.384. The standard InChI is InChI=1S/C15H16N2O2/c1-12(14-5-3-2-4-6-14)16-11-13-7-9-15(10-8-13)17(18)19/h2-10,12,16H,11H2,1H3. The Bertz CT molecular complexity index is 538. The highest BCUT2D eigenvalue weighted by atomic mass is 16.6. The molecule has 0 spiro atoms. The van der Waals surface area contributed by atoms with Crippen molar-refractivity contribution >= 4 is 5.69 Å². The lowest BCUT2D eigenvalue weighted by atomic mass is 10.1. The van der Waals surface area contributed by atoms with Gasteiger partial charge in [-0.25, -0.2) is 0 Å². The minimum absolute atomic E-state index is 0.125. The van der Waals surface area contributed by atoms with Gasteiger partial charge in [-0.2, -0.15) is 0 Å². The van der Waals surface area contributed by atoms with Crippen molar-refractivity contribution < 1.29 is 4.92 Å². The number of nitro benzene ring substituents is 1. The molecule has 0 saturated carbocycles. The van der Waals surface area contributed by atoms with Crippen molar-refractivity contribution in [1.29, 1.82) is 0 Å². The third kappa shape index (κ3) is 3.63. The summed E-state index contributed by atoms with van der Waals surface area (Å²) in [5, 5.41) is 13.9. The average Bonchev–Trinajstić information content (AvgIpc) is 2.46. The van der Waals surface area contributed by atoms with E-state index in [1.54, 1.807) is 12.1 Å². The van der Waals surface area contributed by atoms with E-state index in [1.165, 1.54) is 17.7 Å². The van der Waals surface area contributed by atoms with Gasteiger partial charge in [0.2, 0.25) is 0 Å². The van der Waals surface area contributed by atoms with Crippen LogP contribution in [0.3, 0.4) is 0 Å². The first-order valence-electron chi connectivity index (χ1n) is 6.18. The first kappa shape index (κ1) is 13.2. The Kier molecular flexibility index (Phi) is 4.26. The van der Waals surface area contributed by atoms with Gasteiger partial charge in [0, 0.05) is 24.7 Å². The molecule has 1 unspecified atom stereocenters. The van der Waals surface area contributed by atoms with Crippen LogP contribution in [-0.2, 0) is 6.54 Å². The summed E-state index contributed by atoms with van der Waals surface area (Å²) in [5.41, 5.74) is 2.39. The Hall–Kier alpha value is -2.20. The molecule has 98 valence electrons. The van der Waals surface area contributed by atoms with Crippen LogP contribution in [0.5, 0.6) is 0 Å². The molecule has 4 heteroatoms. The summed E-state index contributed by atoms with van der Waals surface area (Å²) in [6.45, 7) is 2.79. The Morgan fingerprint density at radius 3 is 2.32 bits per heavy atom. The maximum atomic E-state index is 10.6. The van der Waals surface area contributed by atoms with Crippen molar-refractivity contribution in [2.75, 3.05) is 0 Å². The van der Waals surface area contributed by atoms with Gasteiger partial charge in [-0.1, -0.05) is 42.5 Å². The van der Waals surface area contributed by atoms with Crippen LogP contribution in [0.25, 0.3) is 0 Å². The zero-order chi connectivity index (χ0) is 13.7. The summed E-state index contributed by atoms with van der Waals surface area (Å²) in [5.74, 6) is 0. The summed E-state index contributed by atoms with van der Waals surface area (Å²) in [7, 11) is 0. The van der Waals surface area contributed by atoms with E-state index >= 15 is 0 Å². The molecule has 0 saturated heterocycles. The van der Waals surface area contributed by atoms with Gasteiger partial charge in [0.15, 0.2) is 0 Å². The van der Waals surface area contributed by atoms with E-state index in [9.17, 15) is 10.1 Å². The molecule has 4 nitrogen and oxygen atoms in total. The van der Waals surface area contributed by atoms with Crippen LogP contribution in [0, 0.1) is 10.1 Å². The molecule has 0 radical (unpaired) electrons. The third-order valence-electron chi connectivity index (χ3n) is 3.06. The van der Waals surface area contributed by atoms with Crippen molar-refractivity contribution in [3.8, 4) is 0 Å². The molecule has 19 heavy (non-hydrogen) atoms. The van der Waals surface area contributed by atoms with Gasteiger partial charge in [0.25, 0.3) is 5.69 Å². The van der Waals surface area contributed by atoms with Gasteiger partial charge in [-0.15, -0.1) is 0 Å². The molecule has 0 aliphatic rings. The SMILES string of the molecule is CC(NCc1ccc([N+](=O)[O-])cc1)c1ccccc1. The van der Waals surface area contributed by atoms with Gasteiger partial charge in [-0.05, 0) is 18.1 Å². The van der Waals surface area contributed by atoms with Crippen LogP contribution < -0.4 is 5.32 Å². The number of nitrogens with one attached hydrogen (secondary N) is 1. The predicted molar refractivity (Wildman–Crippen MR) is 74.8 cm³/mol. The normalized spacial score (nSPS) is 12.1. The summed E-state index contributed by atoms with van der Waals surface area (Å²) >= 11 is 0. The number of benzene rings is 2. The Morgan fingerprint density at radius 1 is 1.11 bits per heavy atom. The van der Waals surface area contributed by atoms with Crippen LogP contribution in [-0.4, -0.2) is 4.92 Å².